The Morgan fingerprint density at radius 2 is 1.60 bits per heavy atom. The first-order chi connectivity index (χ1) is 14.5. The van der Waals surface area contributed by atoms with Crippen molar-refractivity contribution in [2.75, 3.05) is 32.7 Å². The fourth-order valence-corrected chi connectivity index (χ4v) is 5.75. The monoisotopic (exact) mass is 435 g/mol. The van der Waals surface area contributed by atoms with E-state index in [0.29, 0.717) is 32.4 Å². The Balaban J connectivity index is 1.71. The Labute approximate surface area is 179 Å². The second-order valence-electron chi connectivity index (χ2n) is 8.18. The standard InChI is InChI=1S/C22H33N3O4S/c26-21-13-18-25(30(28,29)20-10-4-3-5-11-20)17-8-9-19(12-14-23-21)22(27)24-15-6-1-2-7-16-24/h3-5,10-11,19H,1-2,6-9,12-18H2,(H,23,26). The van der Waals surface area contributed by atoms with E-state index in [1.54, 1.807) is 30.3 Å². The van der Waals surface area contributed by atoms with Gasteiger partial charge in [0.25, 0.3) is 0 Å². The summed E-state index contributed by atoms with van der Waals surface area (Å²) in [5, 5.41) is 2.86. The molecule has 1 aromatic carbocycles. The molecule has 166 valence electrons. The lowest BCUT2D eigenvalue weighted by molar-refractivity contribution is -0.136. The average Bonchev–Trinajstić information content (AvgIpc) is 3.05. The van der Waals surface area contributed by atoms with Crippen molar-refractivity contribution in [3.05, 3.63) is 30.3 Å². The van der Waals surface area contributed by atoms with Crippen LogP contribution >= 0.6 is 0 Å². The van der Waals surface area contributed by atoms with Crippen LogP contribution in [0.4, 0.5) is 0 Å². The highest BCUT2D eigenvalue weighted by Gasteiger charge is 2.28. The summed E-state index contributed by atoms with van der Waals surface area (Å²) >= 11 is 0. The molecule has 0 aliphatic carbocycles. The number of hydrogen-bond donors (Lipinski definition) is 1. The van der Waals surface area contributed by atoms with Crippen LogP contribution in [-0.4, -0.2) is 62.2 Å². The number of hydrogen-bond acceptors (Lipinski definition) is 4. The molecule has 2 heterocycles. The second-order valence-corrected chi connectivity index (χ2v) is 10.1. The zero-order valence-electron chi connectivity index (χ0n) is 17.6. The van der Waals surface area contributed by atoms with Gasteiger partial charge in [0.05, 0.1) is 4.90 Å². The van der Waals surface area contributed by atoms with Gasteiger partial charge >= 0.3 is 0 Å². The SMILES string of the molecule is O=C1CCN(S(=O)(=O)c2ccccc2)CCCC(C(=O)N2CCCCCC2)CCN1. The molecule has 2 aliphatic rings. The second kappa shape index (κ2) is 10.9. The molecule has 0 radical (unpaired) electrons. The van der Waals surface area contributed by atoms with E-state index in [0.717, 1.165) is 38.8 Å². The number of nitrogens with zero attached hydrogens (tertiary/aromatic N) is 2. The van der Waals surface area contributed by atoms with E-state index < -0.39 is 10.0 Å². The number of carbonyl (C=O) groups excluding carboxylic acids is 2. The zero-order chi connectivity index (χ0) is 21.4. The molecule has 2 saturated heterocycles. The Morgan fingerprint density at radius 1 is 0.900 bits per heavy atom. The molecule has 0 aromatic heterocycles. The molecular weight excluding hydrogens is 402 g/mol. The van der Waals surface area contributed by atoms with Gasteiger partial charge in [0, 0.05) is 45.1 Å². The minimum absolute atomic E-state index is 0.122. The first-order valence-electron chi connectivity index (χ1n) is 11.1. The third kappa shape index (κ3) is 6.04. The summed E-state index contributed by atoms with van der Waals surface area (Å²) in [6.45, 7) is 2.52. The summed E-state index contributed by atoms with van der Waals surface area (Å²) in [7, 11) is -3.67. The highest BCUT2D eigenvalue weighted by Crippen LogP contribution is 2.21. The molecule has 8 heteroatoms. The molecule has 7 nitrogen and oxygen atoms in total. The fourth-order valence-electron chi connectivity index (χ4n) is 4.25. The normalized spacial score (nSPS) is 23.1. The van der Waals surface area contributed by atoms with Crippen molar-refractivity contribution in [1.29, 1.82) is 0 Å². The van der Waals surface area contributed by atoms with Gasteiger partial charge < -0.3 is 10.2 Å². The van der Waals surface area contributed by atoms with Crippen molar-refractivity contribution < 1.29 is 18.0 Å². The highest BCUT2D eigenvalue weighted by molar-refractivity contribution is 7.89. The van der Waals surface area contributed by atoms with Gasteiger partial charge in [-0.3, -0.25) is 9.59 Å². The van der Waals surface area contributed by atoms with Gasteiger partial charge in [0.1, 0.15) is 0 Å². The summed E-state index contributed by atoms with van der Waals surface area (Å²) in [4.78, 5) is 27.5. The smallest absolute Gasteiger partial charge is 0.243 e. The lowest BCUT2D eigenvalue weighted by Gasteiger charge is -2.27. The van der Waals surface area contributed by atoms with Crippen LogP contribution in [0.15, 0.2) is 35.2 Å². The number of amides is 2. The molecule has 30 heavy (non-hydrogen) atoms. The first-order valence-corrected chi connectivity index (χ1v) is 12.5. The molecule has 2 aliphatic heterocycles. The van der Waals surface area contributed by atoms with Crippen molar-refractivity contribution in [3.63, 3.8) is 0 Å². The van der Waals surface area contributed by atoms with Crippen molar-refractivity contribution in [2.24, 2.45) is 5.92 Å². The summed E-state index contributed by atoms with van der Waals surface area (Å²) in [6, 6.07) is 8.32. The number of sulfonamides is 1. The van der Waals surface area contributed by atoms with Gasteiger partial charge in [0.15, 0.2) is 0 Å². The van der Waals surface area contributed by atoms with E-state index in [-0.39, 0.29) is 35.6 Å². The van der Waals surface area contributed by atoms with Gasteiger partial charge in [0.2, 0.25) is 21.8 Å². The molecule has 0 bridgehead atoms. The maximum atomic E-state index is 13.1. The first kappa shape index (κ1) is 22.7. The predicted molar refractivity (Wildman–Crippen MR) is 115 cm³/mol. The maximum absolute atomic E-state index is 13.1. The van der Waals surface area contributed by atoms with E-state index in [1.807, 2.05) is 4.90 Å². The number of carbonyl (C=O) groups is 2. The molecule has 3 rings (SSSR count). The minimum Gasteiger partial charge on any atom is -0.356 e. The van der Waals surface area contributed by atoms with Crippen molar-refractivity contribution in [3.8, 4) is 0 Å². The van der Waals surface area contributed by atoms with E-state index in [4.69, 9.17) is 0 Å². The summed E-state index contributed by atoms with van der Waals surface area (Å²) < 4.78 is 27.5. The Kier molecular flexibility index (Phi) is 8.27. The molecule has 2 fully saturated rings. The Bertz CT molecular complexity index is 805. The molecular formula is C22H33N3O4S. The molecule has 2 amide bonds. The van der Waals surface area contributed by atoms with Crippen LogP contribution in [0.3, 0.4) is 0 Å². The van der Waals surface area contributed by atoms with E-state index >= 15 is 0 Å². The predicted octanol–water partition coefficient (Wildman–Crippen LogP) is 2.39. The van der Waals surface area contributed by atoms with Gasteiger partial charge in [-0.25, -0.2) is 8.42 Å². The number of nitrogens with one attached hydrogen (secondary N) is 1. The van der Waals surface area contributed by atoms with Crippen molar-refractivity contribution >= 4 is 21.8 Å². The van der Waals surface area contributed by atoms with E-state index in [9.17, 15) is 18.0 Å². The third-order valence-electron chi connectivity index (χ3n) is 6.01. The van der Waals surface area contributed by atoms with Crippen LogP contribution in [-0.2, 0) is 19.6 Å². The number of likely N-dealkylation sites (tertiary alicyclic amines) is 1. The number of benzene rings is 1. The summed E-state index contributed by atoms with van der Waals surface area (Å²) in [5.41, 5.74) is 0. The minimum atomic E-state index is -3.67. The van der Waals surface area contributed by atoms with Crippen LogP contribution in [0.5, 0.6) is 0 Å². The lowest BCUT2D eigenvalue weighted by Crippen LogP contribution is -2.38. The molecule has 1 N–H and O–H groups in total. The van der Waals surface area contributed by atoms with Crippen LogP contribution in [0, 0.1) is 5.92 Å². The van der Waals surface area contributed by atoms with Crippen molar-refractivity contribution in [2.45, 2.75) is 56.3 Å². The quantitative estimate of drug-likeness (QED) is 0.790. The Morgan fingerprint density at radius 3 is 2.30 bits per heavy atom. The average molecular weight is 436 g/mol. The summed E-state index contributed by atoms with van der Waals surface area (Å²) in [6.07, 6.45) is 6.37. The largest absolute Gasteiger partial charge is 0.356 e. The lowest BCUT2D eigenvalue weighted by atomic mass is 9.97. The molecule has 1 unspecified atom stereocenters. The fraction of sp³-hybridized carbons (Fsp3) is 0.636. The topological polar surface area (TPSA) is 86.8 Å². The van der Waals surface area contributed by atoms with E-state index in [2.05, 4.69) is 5.32 Å². The van der Waals surface area contributed by atoms with Crippen LogP contribution in [0.1, 0.15) is 51.4 Å². The van der Waals surface area contributed by atoms with Gasteiger partial charge in [-0.05, 0) is 44.2 Å². The van der Waals surface area contributed by atoms with E-state index in [1.165, 1.54) is 4.31 Å². The number of rotatable bonds is 3. The molecule has 0 saturated carbocycles. The van der Waals surface area contributed by atoms with Crippen LogP contribution in [0.2, 0.25) is 0 Å². The van der Waals surface area contributed by atoms with Gasteiger partial charge in [-0.2, -0.15) is 4.31 Å². The van der Waals surface area contributed by atoms with Gasteiger partial charge in [-0.1, -0.05) is 31.0 Å². The third-order valence-corrected chi connectivity index (χ3v) is 7.92. The van der Waals surface area contributed by atoms with Crippen molar-refractivity contribution in [1.82, 2.24) is 14.5 Å². The molecule has 1 aromatic rings. The Hall–Kier alpha value is -1.93. The molecule has 1 atom stereocenters. The summed E-state index contributed by atoms with van der Waals surface area (Å²) in [5.74, 6) is -0.197. The maximum Gasteiger partial charge on any atom is 0.243 e. The highest BCUT2D eigenvalue weighted by atomic mass is 32.2. The van der Waals surface area contributed by atoms with Gasteiger partial charge in [-0.15, -0.1) is 0 Å². The van der Waals surface area contributed by atoms with Crippen LogP contribution in [0.25, 0.3) is 0 Å². The zero-order valence-corrected chi connectivity index (χ0v) is 18.4. The van der Waals surface area contributed by atoms with Crippen LogP contribution < -0.4 is 5.32 Å². The molecule has 0 spiro atoms.